The van der Waals surface area contributed by atoms with Crippen molar-refractivity contribution < 1.29 is 89.0 Å². The Balaban J connectivity index is 0.959. The molecule has 18 heteroatoms. The van der Waals surface area contributed by atoms with Gasteiger partial charge in [-0.2, -0.15) is 0 Å². The van der Waals surface area contributed by atoms with E-state index in [2.05, 4.69) is 26.8 Å². The van der Waals surface area contributed by atoms with Gasteiger partial charge in [-0.1, -0.05) is 39.3 Å². The third-order valence-corrected chi connectivity index (χ3v) is 17.7. The molecular formula is C44H70O18. The average Bonchev–Trinajstić information content (AvgIpc) is 3.81. The van der Waals surface area contributed by atoms with Crippen molar-refractivity contribution in [1.29, 1.82) is 0 Å². The highest BCUT2D eigenvalue weighted by Gasteiger charge is 2.70. The summed E-state index contributed by atoms with van der Waals surface area (Å²) in [6.45, 7) is 8.98. The van der Waals surface area contributed by atoms with Crippen LogP contribution in [0.5, 0.6) is 0 Å². The van der Waals surface area contributed by atoms with Gasteiger partial charge in [0.25, 0.3) is 0 Å². The summed E-state index contributed by atoms with van der Waals surface area (Å²) >= 11 is 0. The Morgan fingerprint density at radius 1 is 0.823 bits per heavy atom. The predicted molar refractivity (Wildman–Crippen MR) is 211 cm³/mol. The smallest absolute Gasteiger partial charge is 0.187 e. The van der Waals surface area contributed by atoms with Crippen molar-refractivity contribution in [2.45, 2.75) is 189 Å². The number of allylic oxidation sites excluding steroid dienone is 1. The molecule has 62 heavy (non-hydrogen) atoms. The van der Waals surface area contributed by atoms with Gasteiger partial charge in [-0.25, -0.2) is 0 Å². The molecule has 5 aliphatic heterocycles. The fourth-order valence-electron chi connectivity index (χ4n) is 13.8. The minimum absolute atomic E-state index is 0.00143. The zero-order valence-corrected chi connectivity index (χ0v) is 36.3. The Morgan fingerprint density at radius 3 is 2.24 bits per heavy atom. The summed E-state index contributed by atoms with van der Waals surface area (Å²) in [6.07, 6.45) is -12.1. The summed E-state index contributed by atoms with van der Waals surface area (Å²) in [5.41, 5.74) is -1.56. The number of hydrogen-bond acceptors (Lipinski definition) is 18. The van der Waals surface area contributed by atoms with Crippen LogP contribution in [0.3, 0.4) is 0 Å². The van der Waals surface area contributed by atoms with Gasteiger partial charge in [-0.3, -0.25) is 0 Å². The topological polar surface area (TPSA) is 276 Å². The fourth-order valence-corrected chi connectivity index (χ4v) is 13.8. The van der Waals surface area contributed by atoms with Gasteiger partial charge < -0.3 is 89.0 Å². The molecule has 0 amide bonds. The molecule has 0 aromatic heterocycles. The summed E-state index contributed by atoms with van der Waals surface area (Å²) in [6, 6.07) is 0. The standard InChI is InChI=1S/C44H70O18/c1-18-15-56-44(13-26(18)47)19(2)30-27(62-44)12-25-23-7-6-21-10-22(58-39-35(52)33(50)36(28(14-45)59-39)61-40-37(53)43(54,16-46)17-55-40)11-29(42(21,5)24(23)8-9-41(25,30)4)60-38-34(51)32(49)31(48)20(3)57-38/h6,18-20,22-40,45-54H,7-17H2,1-5H3. The van der Waals surface area contributed by atoms with E-state index in [4.69, 9.17) is 37.9 Å². The molecule has 4 aliphatic carbocycles. The maximum atomic E-state index is 11.4. The SMILES string of the molecule is CC1COC2(CC1O)OC1CC3C4CC=C5CC(OC6OC(CO)C(OC7OCC(O)(CO)C7O)C(O)C6O)CC(OC6OC(C)C(O)C(O)C6O)C5(C)C4CCC3(C)C1C2C. The van der Waals surface area contributed by atoms with Crippen LogP contribution in [0.2, 0.25) is 0 Å². The van der Waals surface area contributed by atoms with Gasteiger partial charge in [0.15, 0.2) is 24.7 Å². The fraction of sp³-hybridized carbons (Fsp3) is 0.955. The van der Waals surface area contributed by atoms with Crippen molar-refractivity contribution in [2.75, 3.05) is 26.4 Å². The maximum absolute atomic E-state index is 11.4. The molecule has 9 aliphatic rings. The van der Waals surface area contributed by atoms with Crippen molar-refractivity contribution in [3.8, 4) is 0 Å². The summed E-state index contributed by atoms with van der Waals surface area (Å²) in [4.78, 5) is 0. The summed E-state index contributed by atoms with van der Waals surface area (Å²) in [7, 11) is 0. The first-order valence-corrected chi connectivity index (χ1v) is 22.9. The molecule has 26 atom stereocenters. The number of aliphatic hydroxyl groups excluding tert-OH is 9. The van der Waals surface area contributed by atoms with Crippen molar-refractivity contribution in [3.05, 3.63) is 11.6 Å². The molecule has 3 saturated carbocycles. The number of aliphatic hydroxyl groups is 10. The van der Waals surface area contributed by atoms with E-state index in [-0.39, 0.29) is 47.5 Å². The third kappa shape index (κ3) is 7.12. The lowest BCUT2D eigenvalue weighted by molar-refractivity contribution is -0.343. The lowest BCUT2D eigenvalue weighted by Gasteiger charge is -2.61. The van der Waals surface area contributed by atoms with E-state index in [1.807, 2.05) is 6.92 Å². The highest BCUT2D eigenvalue weighted by Crippen LogP contribution is 2.71. The molecule has 0 aromatic carbocycles. The average molecular weight is 887 g/mol. The van der Waals surface area contributed by atoms with Gasteiger partial charge in [0, 0.05) is 30.1 Å². The van der Waals surface area contributed by atoms with Gasteiger partial charge in [0.05, 0.1) is 56.9 Å². The minimum atomic E-state index is -2.00. The Morgan fingerprint density at radius 2 is 1.55 bits per heavy atom. The Bertz CT molecular complexity index is 1650. The minimum Gasteiger partial charge on any atom is -0.394 e. The molecule has 9 rings (SSSR count). The quantitative estimate of drug-likeness (QED) is 0.128. The van der Waals surface area contributed by atoms with Crippen molar-refractivity contribution in [1.82, 2.24) is 0 Å². The van der Waals surface area contributed by atoms with Crippen LogP contribution in [0.15, 0.2) is 11.6 Å². The largest absolute Gasteiger partial charge is 0.394 e. The Kier molecular flexibility index (Phi) is 12.4. The van der Waals surface area contributed by atoms with Crippen LogP contribution in [-0.4, -0.2) is 187 Å². The molecular weight excluding hydrogens is 816 g/mol. The van der Waals surface area contributed by atoms with Crippen LogP contribution in [0.25, 0.3) is 0 Å². The van der Waals surface area contributed by atoms with Crippen LogP contribution in [0.1, 0.15) is 79.6 Å². The molecule has 354 valence electrons. The monoisotopic (exact) mass is 886 g/mol. The number of rotatable bonds is 8. The van der Waals surface area contributed by atoms with Crippen molar-refractivity contribution >= 4 is 0 Å². The van der Waals surface area contributed by atoms with Crippen molar-refractivity contribution in [3.63, 3.8) is 0 Å². The number of fused-ring (bicyclic) bond motifs is 7. The number of ether oxygens (including phenoxy) is 8. The number of hydrogen-bond donors (Lipinski definition) is 10. The lowest BCUT2D eigenvalue weighted by atomic mass is 9.46. The van der Waals surface area contributed by atoms with Crippen LogP contribution in [0, 0.1) is 46.3 Å². The van der Waals surface area contributed by atoms with E-state index in [0.717, 1.165) is 31.3 Å². The van der Waals surface area contributed by atoms with E-state index in [0.29, 0.717) is 25.4 Å². The van der Waals surface area contributed by atoms with Crippen LogP contribution in [-0.2, 0) is 37.9 Å². The molecule has 8 fully saturated rings. The Labute approximate surface area is 362 Å². The highest BCUT2D eigenvalue weighted by molar-refractivity contribution is 5.29. The van der Waals surface area contributed by atoms with Gasteiger partial charge >= 0.3 is 0 Å². The summed E-state index contributed by atoms with van der Waals surface area (Å²) in [5.74, 6) is 0.350. The Hall–Kier alpha value is -0.980. The summed E-state index contributed by atoms with van der Waals surface area (Å²) < 4.78 is 49.8. The summed E-state index contributed by atoms with van der Waals surface area (Å²) in [5, 5.41) is 107. The van der Waals surface area contributed by atoms with E-state index >= 15 is 0 Å². The molecule has 26 unspecified atom stereocenters. The normalized spacial score (nSPS) is 58.7. The van der Waals surface area contributed by atoms with Crippen LogP contribution >= 0.6 is 0 Å². The maximum Gasteiger partial charge on any atom is 0.187 e. The molecule has 0 radical (unpaired) electrons. The van der Waals surface area contributed by atoms with E-state index in [9.17, 15) is 51.1 Å². The van der Waals surface area contributed by atoms with Gasteiger partial charge in [-0.05, 0) is 68.1 Å². The zero-order valence-electron chi connectivity index (χ0n) is 36.3. The second kappa shape index (κ2) is 16.7. The molecule has 18 nitrogen and oxygen atoms in total. The van der Waals surface area contributed by atoms with Gasteiger partial charge in [0.1, 0.15) is 54.4 Å². The van der Waals surface area contributed by atoms with Gasteiger partial charge in [-0.15, -0.1) is 0 Å². The first-order valence-electron chi connectivity index (χ1n) is 22.9. The molecule has 5 saturated heterocycles. The molecule has 5 heterocycles. The lowest BCUT2D eigenvalue weighted by Crippen LogP contribution is -2.63. The van der Waals surface area contributed by atoms with Crippen molar-refractivity contribution in [2.24, 2.45) is 46.3 Å². The first-order chi connectivity index (χ1) is 29.3. The van der Waals surface area contributed by atoms with E-state index in [1.54, 1.807) is 6.92 Å². The second-order valence-electron chi connectivity index (χ2n) is 20.9. The third-order valence-electron chi connectivity index (χ3n) is 17.7. The zero-order chi connectivity index (χ0) is 44.4. The second-order valence-corrected chi connectivity index (χ2v) is 20.9. The van der Waals surface area contributed by atoms with Crippen LogP contribution in [0.4, 0.5) is 0 Å². The highest BCUT2D eigenvalue weighted by atomic mass is 16.7. The molecule has 0 aromatic rings. The van der Waals surface area contributed by atoms with E-state index in [1.165, 1.54) is 0 Å². The van der Waals surface area contributed by atoms with E-state index < -0.39 is 129 Å². The molecule has 1 spiro atoms. The molecule has 10 N–H and O–H groups in total. The molecule has 0 bridgehead atoms. The predicted octanol–water partition coefficient (Wildman–Crippen LogP) is -1.20. The van der Waals surface area contributed by atoms with Crippen LogP contribution < -0.4 is 0 Å². The first kappa shape index (κ1) is 46.1. The van der Waals surface area contributed by atoms with Gasteiger partial charge in [0.2, 0.25) is 0 Å².